The molecule has 0 fully saturated rings. The fourth-order valence-electron chi connectivity index (χ4n) is 4.81. The van der Waals surface area contributed by atoms with Gasteiger partial charge in [-0.15, -0.1) is 0 Å². The quantitative estimate of drug-likeness (QED) is 0.104. The van der Waals surface area contributed by atoms with E-state index in [9.17, 15) is 14.4 Å². The molecule has 5 aromatic carbocycles. The number of carbonyl (C=O) groups excluding carboxylic acids is 3. The van der Waals surface area contributed by atoms with Crippen molar-refractivity contribution in [2.45, 2.75) is 33.7 Å². The van der Waals surface area contributed by atoms with Crippen LogP contribution in [0.4, 0.5) is 0 Å². The highest BCUT2D eigenvalue weighted by molar-refractivity contribution is 5.90. The van der Waals surface area contributed by atoms with Gasteiger partial charge in [0.05, 0.1) is 23.3 Å². The number of rotatable bonds is 12. The van der Waals surface area contributed by atoms with Crippen LogP contribution in [0.1, 0.15) is 60.3 Å². The van der Waals surface area contributed by atoms with E-state index < -0.39 is 11.9 Å². The Morgan fingerprint density at radius 2 is 1.11 bits per heavy atom. The molecule has 0 unspecified atom stereocenters. The van der Waals surface area contributed by atoms with Crippen LogP contribution in [-0.4, -0.2) is 24.5 Å². The van der Waals surface area contributed by atoms with Gasteiger partial charge in [-0.25, -0.2) is 14.4 Å². The normalized spacial score (nSPS) is 10.6. The van der Waals surface area contributed by atoms with Crippen molar-refractivity contribution >= 4 is 17.9 Å². The number of aryl methyl sites for hydroxylation is 1. The first-order chi connectivity index (χ1) is 22.4. The third-order valence-corrected chi connectivity index (χ3v) is 7.33. The van der Waals surface area contributed by atoms with E-state index in [-0.39, 0.29) is 25.8 Å². The van der Waals surface area contributed by atoms with E-state index in [0.29, 0.717) is 34.6 Å². The number of carbonyl (C=O) groups is 3. The lowest BCUT2D eigenvalue weighted by atomic mass is 9.99. The number of esters is 3. The van der Waals surface area contributed by atoms with Gasteiger partial charge in [0.1, 0.15) is 25.6 Å². The first-order valence-corrected chi connectivity index (χ1v) is 15.0. The van der Waals surface area contributed by atoms with Gasteiger partial charge in [-0.2, -0.15) is 0 Å². The number of ether oxygens (including phenoxy) is 4. The molecule has 232 valence electrons. The maximum Gasteiger partial charge on any atom is 0.338 e. The summed E-state index contributed by atoms with van der Waals surface area (Å²) in [5.41, 5.74) is 6.68. The van der Waals surface area contributed by atoms with E-state index >= 15 is 0 Å². The molecule has 0 heterocycles. The Balaban J connectivity index is 1.30. The zero-order valence-corrected chi connectivity index (χ0v) is 25.7. The minimum absolute atomic E-state index is 0.00371. The van der Waals surface area contributed by atoms with E-state index in [0.717, 1.165) is 27.8 Å². The highest BCUT2D eigenvalue weighted by atomic mass is 16.5. The Kier molecular flexibility index (Phi) is 10.6. The number of benzene rings is 5. The maximum atomic E-state index is 12.7. The van der Waals surface area contributed by atoms with Gasteiger partial charge in [0.2, 0.25) is 0 Å². The van der Waals surface area contributed by atoms with Gasteiger partial charge in [-0.1, -0.05) is 66.7 Å². The van der Waals surface area contributed by atoms with E-state index in [1.54, 1.807) is 67.6 Å². The summed E-state index contributed by atoms with van der Waals surface area (Å²) in [6.07, 6.45) is 0. The monoisotopic (exact) mass is 614 g/mol. The molecule has 0 bridgehead atoms. The first kappa shape index (κ1) is 31.7. The van der Waals surface area contributed by atoms with Crippen molar-refractivity contribution in [2.24, 2.45) is 0 Å². The minimum atomic E-state index is -0.447. The molecule has 0 aliphatic carbocycles. The van der Waals surface area contributed by atoms with Crippen LogP contribution in [0.25, 0.3) is 11.1 Å². The van der Waals surface area contributed by atoms with Crippen LogP contribution in [0.2, 0.25) is 0 Å². The maximum absolute atomic E-state index is 12.7. The van der Waals surface area contributed by atoms with Crippen LogP contribution in [0.15, 0.2) is 121 Å². The molecule has 0 atom stereocenters. The van der Waals surface area contributed by atoms with E-state index in [4.69, 9.17) is 18.9 Å². The van der Waals surface area contributed by atoms with Gasteiger partial charge in [-0.3, -0.25) is 0 Å². The molecule has 0 amide bonds. The molecule has 0 saturated heterocycles. The summed E-state index contributed by atoms with van der Waals surface area (Å²) in [4.78, 5) is 37.3. The van der Waals surface area contributed by atoms with Gasteiger partial charge in [0.25, 0.3) is 0 Å². The van der Waals surface area contributed by atoms with Gasteiger partial charge in [0.15, 0.2) is 0 Å². The Bertz CT molecular complexity index is 1800. The highest BCUT2D eigenvalue weighted by Gasteiger charge is 2.14. The fraction of sp³-hybridized carbons (Fsp3) is 0.154. The topological polar surface area (TPSA) is 88.1 Å². The molecule has 5 aromatic rings. The average Bonchev–Trinajstić information content (AvgIpc) is 3.10. The molecule has 0 spiro atoms. The first-order valence-electron chi connectivity index (χ1n) is 15.0. The van der Waals surface area contributed by atoms with Crippen molar-refractivity contribution in [3.8, 4) is 16.9 Å². The summed E-state index contributed by atoms with van der Waals surface area (Å²) >= 11 is 0. The molecule has 0 radical (unpaired) electrons. The lowest BCUT2D eigenvalue weighted by molar-refractivity contribution is 0.0435. The van der Waals surface area contributed by atoms with E-state index in [2.05, 4.69) is 0 Å². The summed E-state index contributed by atoms with van der Waals surface area (Å²) in [6, 6.07) is 36.4. The second-order valence-electron chi connectivity index (χ2n) is 10.6. The Hall–Kier alpha value is -5.69. The second-order valence-corrected chi connectivity index (χ2v) is 10.6. The lowest BCUT2D eigenvalue weighted by Crippen LogP contribution is -2.10. The molecule has 46 heavy (non-hydrogen) atoms. The third-order valence-electron chi connectivity index (χ3n) is 7.33. The van der Waals surface area contributed by atoms with Crippen LogP contribution < -0.4 is 4.74 Å². The van der Waals surface area contributed by atoms with Gasteiger partial charge in [0, 0.05) is 0 Å². The number of hydrogen-bond donors (Lipinski definition) is 0. The molecule has 0 N–H and O–H groups in total. The van der Waals surface area contributed by atoms with Crippen LogP contribution in [-0.2, 0) is 34.0 Å². The van der Waals surface area contributed by atoms with Gasteiger partial charge < -0.3 is 18.9 Å². The fourth-order valence-corrected chi connectivity index (χ4v) is 4.81. The molecule has 0 saturated carbocycles. The lowest BCUT2D eigenvalue weighted by Gasteiger charge is -2.15. The zero-order valence-electron chi connectivity index (χ0n) is 25.7. The second kappa shape index (κ2) is 15.3. The molecule has 5 rings (SSSR count). The molecule has 7 heteroatoms. The Labute approximate surface area is 268 Å². The summed E-state index contributed by atoms with van der Waals surface area (Å²) in [6.45, 7) is 4.39. The van der Waals surface area contributed by atoms with Crippen molar-refractivity contribution in [3.63, 3.8) is 0 Å². The van der Waals surface area contributed by atoms with Crippen molar-refractivity contribution < 1.29 is 33.3 Å². The summed E-state index contributed by atoms with van der Waals surface area (Å²) in [7, 11) is 0. The molecular formula is C39H34O7. The molecule has 7 nitrogen and oxygen atoms in total. The minimum Gasteiger partial charge on any atom is -0.489 e. The van der Waals surface area contributed by atoms with Gasteiger partial charge in [-0.05, 0) is 102 Å². The molecular weight excluding hydrogens is 580 g/mol. The number of hydrogen-bond acceptors (Lipinski definition) is 7. The van der Waals surface area contributed by atoms with E-state index in [1.807, 2.05) is 67.6 Å². The predicted octanol–water partition coefficient (Wildman–Crippen LogP) is 8.13. The largest absolute Gasteiger partial charge is 0.489 e. The summed E-state index contributed by atoms with van der Waals surface area (Å²) in [5, 5.41) is 0. The van der Waals surface area contributed by atoms with Crippen LogP contribution >= 0.6 is 0 Å². The van der Waals surface area contributed by atoms with Gasteiger partial charge >= 0.3 is 17.9 Å². The predicted molar refractivity (Wildman–Crippen MR) is 174 cm³/mol. The molecule has 0 aliphatic heterocycles. The smallest absolute Gasteiger partial charge is 0.338 e. The van der Waals surface area contributed by atoms with Crippen molar-refractivity contribution in [3.05, 3.63) is 160 Å². The highest BCUT2D eigenvalue weighted by Crippen LogP contribution is 2.29. The molecule has 0 aromatic heterocycles. The zero-order chi connectivity index (χ0) is 32.3. The van der Waals surface area contributed by atoms with Crippen LogP contribution in [0.5, 0.6) is 5.75 Å². The third kappa shape index (κ3) is 8.27. The SMILES string of the molecule is CCOC(=O)c1ccc(-c2cc(OCc3ccc(COC(=O)c4ccccc4)c(COC(=O)c4ccccc4)c3)ccc2C)cc1. The standard InChI is InChI=1S/C39H34O7/c1-3-43-37(40)32-19-17-29(18-20-32)36-23-35(21-14-27(36)2)44-24-28-15-16-33(25-45-38(41)30-10-6-4-7-11-30)34(22-28)26-46-39(42)31-12-8-5-9-13-31/h4-23H,3,24-26H2,1-2H3. The molecule has 0 aliphatic rings. The Morgan fingerprint density at radius 3 is 1.72 bits per heavy atom. The summed E-state index contributed by atoms with van der Waals surface area (Å²) < 4.78 is 22.5. The Morgan fingerprint density at radius 1 is 0.543 bits per heavy atom. The van der Waals surface area contributed by atoms with Crippen LogP contribution in [0, 0.1) is 6.92 Å². The summed E-state index contributed by atoms with van der Waals surface area (Å²) in [5.74, 6) is -0.562. The van der Waals surface area contributed by atoms with Crippen molar-refractivity contribution in [1.29, 1.82) is 0 Å². The van der Waals surface area contributed by atoms with E-state index in [1.165, 1.54) is 0 Å². The average molecular weight is 615 g/mol. The van der Waals surface area contributed by atoms with Crippen LogP contribution in [0.3, 0.4) is 0 Å². The van der Waals surface area contributed by atoms with Crippen molar-refractivity contribution in [1.82, 2.24) is 0 Å². The van der Waals surface area contributed by atoms with Crippen molar-refractivity contribution in [2.75, 3.05) is 6.61 Å².